The molecule has 0 saturated heterocycles. The second kappa shape index (κ2) is 23.1. The summed E-state index contributed by atoms with van der Waals surface area (Å²) in [6.07, 6.45) is 0. The molecular weight excluding hydrogens is 1330 g/mol. The van der Waals surface area contributed by atoms with Crippen LogP contribution >= 0.6 is 0 Å². The van der Waals surface area contributed by atoms with Crippen molar-refractivity contribution >= 4 is 167 Å². The monoisotopic (exact) mass is 1400 g/mol. The summed E-state index contributed by atoms with van der Waals surface area (Å²) in [5.41, 5.74) is 33.1. The Morgan fingerprint density at radius 1 is 0.266 bits per heavy atom. The van der Waals surface area contributed by atoms with Crippen LogP contribution < -0.4 is 26.2 Å². The largest absolute Gasteiger partial charge is 0.456 e. The minimum absolute atomic E-state index is 0.303. The van der Waals surface area contributed by atoms with E-state index in [9.17, 15) is 0 Å². The molecule has 16 aromatic carbocycles. The third kappa shape index (κ3) is 9.19. The molecule has 0 fully saturated rings. The van der Waals surface area contributed by atoms with Gasteiger partial charge in [0.1, 0.15) is 44.7 Å². The van der Waals surface area contributed by atoms with Crippen LogP contribution in [0.15, 0.2) is 345 Å². The molecule has 0 amide bonds. The van der Waals surface area contributed by atoms with Gasteiger partial charge in [-0.25, -0.2) is 0 Å². The Morgan fingerprint density at radius 2 is 0.633 bits per heavy atom. The summed E-state index contributed by atoms with van der Waals surface area (Å²) in [6, 6.07) is 121. The third-order valence-corrected chi connectivity index (χ3v) is 23.5. The molecule has 0 unspecified atom stereocenters. The van der Waals surface area contributed by atoms with E-state index < -0.39 is 0 Å². The Bertz CT molecular complexity index is 7150. The van der Waals surface area contributed by atoms with Gasteiger partial charge in [0, 0.05) is 105 Å². The normalized spacial score (nSPS) is 12.9. The van der Waals surface area contributed by atoms with Crippen LogP contribution in [0.2, 0.25) is 0 Å². The maximum absolute atomic E-state index is 6.66. The smallest absolute Gasteiger partial charge is 0.252 e. The zero-order valence-corrected chi connectivity index (χ0v) is 60.2. The number of para-hydroxylation sites is 8. The highest BCUT2D eigenvalue weighted by Gasteiger charge is 2.47. The molecule has 109 heavy (non-hydrogen) atoms. The predicted molar refractivity (Wildman–Crippen MR) is 455 cm³/mol. The summed E-state index contributed by atoms with van der Waals surface area (Å²) in [6.45, 7) is 9.12. The second-order valence-electron chi connectivity index (χ2n) is 30.6. The van der Waals surface area contributed by atoms with Crippen LogP contribution in [-0.2, 0) is 5.41 Å². The second-order valence-corrected chi connectivity index (χ2v) is 30.6. The van der Waals surface area contributed by atoms with E-state index in [-0.39, 0.29) is 12.1 Å². The first kappa shape index (κ1) is 61.5. The highest BCUT2D eigenvalue weighted by molar-refractivity contribution is 7.00. The summed E-state index contributed by atoms with van der Waals surface area (Å²) in [4.78, 5) is 5.37. The number of rotatable bonds is 8. The van der Waals surface area contributed by atoms with Crippen LogP contribution in [0.3, 0.4) is 0 Å². The van der Waals surface area contributed by atoms with Gasteiger partial charge in [0.15, 0.2) is 0 Å². The number of hydrogen-bond donors (Lipinski definition) is 0. The molecule has 21 aromatic rings. The Morgan fingerprint density at radius 3 is 1.05 bits per heavy atom. The van der Waals surface area contributed by atoms with Crippen molar-refractivity contribution in [3.05, 3.63) is 339 Å². The molecule has 0 radical (unpaired) electrons. The molecule has 7 nitrogen and oxygen atoms in total. The molecule has 512 valence electrons. The molecule has 0 atom stereocenters. The zero-order chi connectivity index (χ0) is 72.1. The molecule has 0 aliphatic carbocycles. The summed E-state index contributed by atoms with van der Waals surface area (Å²) in [5.74, 6) is 0. The van der Waals surface area contributed by atoms with Crippen LogP contribution in [0.4, 0.5) is 34.1 Å². The van der Waals surface area contributed by atoms with Gasteiger partial charge in [0.2, 0.25) is 0 Å². The number of fused-ring (bicyclic) bond motifs is 19. The first-order valence-electron chi connectivity index (χ1n) is 37.6. The first-order valence-corrected chi connectivity index (χ1v) is 37.6. The number of aryl methyl sites for hydroxylation is 1. The fourth-order valence-electron chi connectivity index (χ4n) is 18.4. The van der Waals surface area contributed by atoms with E-state index in [1.807, 2.05) is 0 Å². The van der Waals surface area contributed by atoms with Gasteiger partial charge in [-0.1, -0.05) is 233 Å². The zero-order valence-electron chi connectivity index (χ0n) is 60.2. The van der Waals surface area contributed by atoms with Crippen molar-refractivity contribution < 1.29 is 17.7 Å². The SMILES string of the molecule is Cc1cc2c(cc1-c1ccccc1)B1c3ccc(-n4c5ccccc5c5ccccc54)cc3N(c3c(-c4ccc5oc6ccccc6c5c4)cccc3-c3ccc4oc5ccccc5c4c3)c3cc(C(C)(C)C)cc(c31)N2c1c(-c2ccc3oc4ccccc4c3c2)cccc1-c1ccc2oc3ccccc3c2c1. The average molecular weight is 1400 g/mol. The Balaban J connectivity index is 0.883. The maximum Gasteiger partial charge on any atom is 0.252 e. The van der Waals surface area contributed by atoms with Crippen molar-refractivity contribution in [2.45, 2.75) is 33.1 Å². The van der Waals surface area contributed by atoms with E-state index in [4.69, 9.17) is 17.7 Å². The molecular formula is C101H66BN3O4. The molecule has 2 aliphatic rings. The number of nitrogens with zero attached hydrogens (tertiary/aromatic N) is 3. The van der Waals surface area contributed by atoms with Gasteiger partial charge in [-0.2, -0.15) is 0 Å². The van der Waals surface area contributed by atoms with Crippen molar-refractivity contribution in [1.82, 2.24) is 4.57 Å². The van der Waals surface area contributed by atoms with Crippen molar-refractivity contribution in [3.8, 4) is 61.3 Å². The lowest BCUT2D eigenvalue weighted by Crippen LogP contribution is -2.61. The lowest BCUT2D eigenvalue weighted by Gasteiger charge is -2.46. The van der Waals surface area contributed by atoms with E-state index in [1.165, 1.54) is 43.9 Å². The summed E-state index contributed by atoms with van der Waals surface area (Å²) in [5, 5.41) is 10.9. The minimum atomic E-state index is -0.386. The Kier molecular flexibility index (Phi) is 13.0. The van der Waals surface area contributed by atoms with Gasteiger partial charge in [0.05, 0.1) is 22.4 Å². The lowest BCUT2D eigenvalue weighted by atomic mass is 9.33. The van der Waals surface area contributed by atoms with Gasteiger partial charge < -0.3 is 32.0 Å². The summed E-state index contributed by atoms with van der Waals surface area (Å²) < 4.78 is 29.1. The van der Waals surface area contributed by atoms with Crippen LogP contribution in [0.1, 0.15) is 31.9 Å². The highest BCUT2D eigenvalue weighted by atomic mass is 16.3. The van der Waals surface area contributed by atoms with Gasteiger partial charge in [-0.3, -0.25) is 0 Å². The summed E-state index contributed by atoms with van der Waals surface area (Å²) >= 11 is 0. The minimum Gasteiger partial charge on any atom is -0.456 e. The number of furan rings is 4. The lowest BCUT2D eigenvalue weighted by molar-refractivity contribution is 0.590. The topological polar surface area (TPSA) is 64.0 Å². The van der Waals surface area contributed by atoms with Gasteiger partial charge >= 0.3 is 0 Å². The van der Waals surface area contributed by atoms with Gasteiger partial charge in [-0.05, 0) is 188 Å². The predicted octanol–water partition coefficient (Wildman–Crippen LogP) is 26.4. The molecule has 0 N–H and O–H groups in total. The molecule has 8 heteroatoms. The molecule has 5 aromatic heterocycles. The van der Waals surface area contributed by atoms with Crippen LogP contribution in [0.25, 0.3) is 171 Å². The fraction of sp³-hybridized carbons (Fsp3) is 0.0495. The first-order chi connectivity index (χ1) is 53.6. The van der Waals surface area contributed by atoms with Crippen LogP contribution in [0, 0.1) is 6.92 Å². The van der Waals surface area contributed by atoms with E-state index in [0.717, 1.165) is 189 Å². The van der Waals surface area contributed by atoms with E-state index >= 15 is 0 Å². The fourth-order valence-corrected chi connectivity index (χ4v) is 18.4. The molecule has 0 bridgehead atoms. The van der Waals surface area contributed by atoms with Crippen molar-refractivity contribution in [3.63, 3.8) is 0 Å². The molecule has 23 rings (SSSR count). The number of aromatic nitrogens is 1. The van der Waals surface area contributed by atoms with Crippen LogP contribution in [-0.4, -0.2) is 11.3 Å². The van der Waals surface area contributed by atoms with Gasteiger partial charge in [0.25, 0.3) is 6.71 Å². The Hall–Kier alpha value is -13.8. The molecule has 0 spiro atoms. The molecule has 0 saturated carbocycles. The van der Waals surface area contributed by atoms with Crippen molar-refractivity contribution in [1.29, 1.82) is 0 Å². The summed E-state index contributed by atoms with van der Waals surface area (Å²) in [7, 11) is 0. The quantitative estimate of drug-likeness (QED) is 0.141. The Labute approximate surface area is 628 Å². The van der Waals surface area contributed by atoms with Crippen LogP contribution in [0.5, 0.6) is 0 Å². The number of benzene rings is 16. The van der Waals surface area contributed by atoms with E-state index in [0.29, 0.717) is 0 Å². The van der Waals surface area contributed by atoms with E-state index in [2.05, 4.69) is 370 Å². The van der Waals surface area contributed by atoms with Crippen molar-refractivity contribution in [2.75, 3.05) is 9.80 Å². The average Bonchev–Trinajstić information content (AvgIpc) is 1.18. The molecule has 7 heterocycles. The molecule has 2 aliphatic heterocycles. The van der Waals surface area contributed by atoms with Crippen molar-refractivity contribution in [2.24, 2.45) is 0 Å². The van der Waals surface area contributed by atoms with E-state index in [1.54, 1.807) is 0 Å². The third-order valence-electron chi connectivity index (χ3n) is 23.5. The number of anilines is 6. The van der Waals surface area contributed by atoms with Gasteiger partial charge in [-0.15, -0.1) is 0 Å². The maximum atomic E-state index is 6.66. The highest BCUT2D eigenvalue weighted by Crippen LogP contribution is 2.56. The standard InChI is InChI=1S/C101H66BN3O4/c1-59-50-86-83(58-77(59)60-22-6-5-7-23-60)102-82-45-44-66(103-84-34-14-8-24-71(84)72-25-9-15-35-85(72)103)57-87(82)105(100-69(63-42-48-96-80(53-63)75-28-12-18-38-92(75)108-96)32-21-33-70(100)64-43-49-97-81(54-64)76-29-13-19-39-93(76)109-97)89-56-65(101(2,3)4)55-88(98(89)102)104(86)99-67(61-40-46-94-78(51-61)73-26-10-16-36-90(73)106-94)30-20-31-68(99)62-41-47-95-79(52-62)74-27-11-17-37-91(74)107-95/h5-58H,1-4H3. The number of hydrogen-bond acceptors (Lipinski definition) is 6.